The average molecular weight is 448 g/mol. The number of nitrogens with zero attached hydrogens (tertiary/aromatic N) is 3. The van der Waals surface area contributed by atoms with Crippen LogP contribution in [-0.4, -0.2) is 30.4 Å². The second kappa shape index (κ2) is 8.58. The Hall–Kier alpha value is -4.07. The number of hydrogen-bond acceptors (Lipinski definition) is 7. The predicted octanol–water partition coefficient (Wildman–Crippen LogP) is 2.80. The number of aromatic nitrogens is 3. The first-order valence-electron chi connectivity index (χ1n) is 9.35. The van der Waals surface area contributed by atoms with Crippen LogP contribution in [-0.2, 0) is 10.0 Å². The summed E-state index contributed by atoms with van der Waals surface area (Å²) in [5.74, 6) is 5.89. The Morgan fingerprint density at radius 2 is 1.88 bits per heavy atom. The summed E-state index contributed by atoms with van der Waals surface area (Å²) in [5.41, 5.74) is 6.99. The van der Waals surface area contributed by atoms with Crippen molar-refractivity contribution in [1.29, 1.82) is 0 Å². The monoisotopic (exact) mass is 448 g/mol. The maximum Gasteiger partial charge on any atom is 0.240 e. The lowest BCUT2D eigenvalue weighted by Gasteiger charge is -2.10. The minimum Gasteiger partial charge on any atom is -0.383 e. The number of sulfonamides is 1. The van der Waals surface area contributed by atoms with Crippen molar-refractivity contribution in [2.45, 2.75) is 4.90 Å². The van der Waals surface area contributed by atoms with E-state index in [2.05, 4.69) is 36.8 Å². The average Bonchev–Trinajstić information content (AvgIpc) is 2.80. The van der Waals surface area contributed by atoms with Crippen LogP contribution in [0.15, 0.2) is 66.0 Å². The molecule has 0 unspecified atom stereocenters. The molecule has 0 aliphatic carbocycles. The molecule has 0 aliphatic heterocycles. The van der Waals surface area contributed by atoms with E-state index >= 15 is 0 Å². The van der Waals surface area contributed by atoms with Gasteiger partial charge in [0, 0.05) is 29.4 Å². The summed E-state index contributed by atoms with van der Waals surface area (Å²) in [4.78, 5) is 12.4. The molecule has 160 valence electrons. The summed E-state index contributed by atoms with van der Waals surface area (Å²) >= 11 is 0. The van der Waals surface area contributed by atoms with E-state index in [9.17, 15) is 12.8 Å². The number of nitrogen functional groups attached to an aromatic ring is 1. The molecule has 0 amide bonds. The van der Waals surface area contributed by atoms with Gasteiger partial charge in [-0.2, -0.15) is 0 Å². The maximum absolute atomic E-state index is 14.5. The first-order valence-corrected chi connectivity index (χ1v) is 10.8. The molecule has 4 rings (SSSR count). The summed E-state index contributed by atoms with van der Waals surface area (Å²) in [6.07, 6.45) is 4.81. The van der Waals surface area contributed by atoms with E-state index < -0.39 is 15.8 Å². The number of pyridine rings is 3. The Bertz CT molecular complexity index is 1500. The molecular weight excluding hydrogens is 431 g/mol. The highest BCUT2D eigenvalue weighted by atomic mass is 32.2. The van der Waals surface area contributed by atoms with Crippen molar-refractivity contribution in [3.63, 3.8) is 0 Å². The molecular formula is C22H17FN6O2S. The summed E-state index contributed by atoms with van der Waals surface area (Å²) in [5, 5.41) is 4.36. The van der Waals surface area contributed by atoms with Crippen LogP contribution in [0.1, 0.15) is 11.3 Å². The van der Waals surface area contributed by atoms with Gasteiger partial charge in [0.1, 0.15) is 23.1 Å². The molecule has 8 nitrogen and oxygen atoms in total. The number of hydrogen-bond donors (Lipinski definition) is 3. The van der Waals surface area contributed by atoms with Gasteiger partial charge in [0.25, 0.3) is 0 Å². The van der Waals surface area contributed by atoms with Gasteiger partial charge < -0.3 is 11.1 Å². The molecule has 1 aromatic carbocycles. The lowest BCUT2D eigenvalue weighted by atomic mass is 10.1. The standard InChI is InChI=1S/C22H17FN6O2S/c1-25-32(30,31)16-5-7-20(18(23)11-16)29-21-12-17-15(13-28-21)8-10-26-19(17)6-4-14-3-2-9-27-22(14)24/h2-3,5,7-13,25H,1H3,(H2,24,27)(H,28,29). The lowest BCUT2D eigenvalue weighted by molar-refractivity contribution is 0.584. The van der Waals surface area contributed by atoms with E-state index in [1.54, 1.807) is 42.9 Å². The normalized spacial score (nSPS) is 11.1. The van der Waals surface area contributed by atoms with Crippen LogP contribution in [0, 0.1) is 17.7 Å². The molecule has 4 aromatic rings. The smallest absolute Gasteiger partial charge is 0.240 e. The number of benzene rings is 1. The first-order chi connectivity index (χ1) is 15.4. The van der Waals surface area contributed by atoms with Gasteiger partial charge in [-0.15, -0.1) is 0 Å². The Kier molecular flexibility index (Phi) is 5.68. The third kappa shape index (κ3) is 4.34. The van der Waals surface area contributed by atoms with Gasteiger partial charge in [0.2, 0.25) is 10.0 Å². The molecule has 0 atom stereocenters. The van der Waals surface area contributed by atoms with Crippen LogP contribution in [0.2, 0.25) is 0 Å². The first kappa shape index (κ1) is 21.2. The SMILES string of the molecule is CNS(=O)(=O)c1ccc(Nc2cc3c(C#Cc4cccnc4N)nccc3cn2)c(F)c1. The molecule has 3 aromatic heterocycles. The van der Waals surface area contributed by atoms with Crippen molar-refractivity contribution >= 4 is 38.1 Å². The molecule has 3 heterocycles. The van der Waals surface area contributed by atoms with Crippen LogP contribution in [0.4, 0.5) is 21.7 Å². The second-order valence-corrected chi connectivity index (χ2v) is 8.50. The Morgan fingerprint density at radius 1 is 1.03 bits per heavy atom. The third-order valence-corrected chi connectivity index (χ3v) is 6.00. The molecule has 0 bridgehead atoms. The summed E-state index contributed by atoms with van der Waals surface area (Å²) in [6, 6.07) is 10.5. The second-order valence-electron chi connectivity index (χ2n) is 6.61. The van der Waals surface area contributed by atoms with Crippen LogP contribution >= 0.6 is 0 Å². The Morgan fingerprint density at radius 3 is 2.62 bits per heavy atom. The molecule has 0 radical (unpaired) electrons. The third-order valence-electron chi connectivity index (χ3n) is 4.58. The van der Waals surface area contributed by atoms with Crippen LogP contribution in [0.3, 0.4) is 0 Å². The molecule has 0 spiro atoms. The highest BCUT2D eigenvalue weighted by Gasteiger charge is 2.14. The van der Waals surface area contributed by atoms with Gasteiger partial charge in [-0.05, 0) is 55.4 Å². The van der Waals surface area contributed by atoms with E-state index in [4.69, 9.17) is 5.73 Å². The molecule has 0 saturated heterocycles. The van der Waals surface area contributed by atoms with Crippen LogP contribution < -0.4 is 15.8 Å². The predicted molar refractivity (Wildman–Crippen MR) is 120 cm³/mol. The van der Waals surface area contributed by atoms with Crippen molar-refractivity contribution in [2.75, 3.05) is 18.1 Å². The number of nitrogens with two attached hydrogens (primary N) is 1. The molecule has 32 heavy (non-hydrogen) atoms. The zero-order valence-electron chi connectivity index (χ0n) is 16.8. The Balaban J connectivity index is 1.69. The fraction of sp³-hybridized carbons (Fsp3) is 0.0455. The van der Waals surface area contributed by atoms with Crippen molar-refractivity contribution in [3.8, 4) is 11.8 Å². The summed E-state index contributed by atoms with van der Waals surface area (Å²) < 4.78 is 40.4. The van der Waals surface area contributed by atoms with Gasteiger partial charge in [-0.1, -0.05) is 5.92 Å². The largest absolute Gasteiger partial charge is 0.383 e. The van der Waals surface area contributed by atoms with Gasteiger partial charge in [0.15, 0.2) is 0 Å². The van der Waals surface area contributed by atoms with E-state index in [0.29, 0.717) is 28.3 Å². The maximum atomic E-state index is 14.5. The van der Waals surface area contributed by atoms with Gasteiger partial charge in [-0.3, -0.25) is 0 Å². The highest BCUT2D eigenvalue weighted by molar-refractivity contribution is 7.89. The number of fused-ring (bicyclic) bond motifs is 1. The summed E-state index contributed by atoms with van der Waals surface area (Å²) in [7, 11) is -2.49. The van der Waals surface area contributed by atoms with E-state index in [0.717, 1.165) is 11.5 Å². The molecule has 0 fully saturated rings. The zero-order valence-corrected chi connectivity index (χ0v) is 17.6. The van der Waals surface area contributed by atoms with Gasteiger partial charge in [-0.25, -0.2) is 32.5 Å². The quantitative estimate of drug-likeness (QED) is 0.410. The van der Waals surface area contributed by atoms with Crippen LogP contribution in [0.5, 0.6) is 0 Å². The van der Waals surface area contributed by atoms with E-state index in [1.165, 1.54) is 19.2 Å². The lowest BCUT2D eigenvalue weighted by Crippen LogP contribution is -2.18. The molecule has 0 aliphatic rings. The fourth-order valence-corrected chi connectivity index (χ4v) is 3.64. The van der Waals surface area contributed by atoms with Crippen LogP contribution in [0.25, 0.3) is 10.8 Å². The van der Waals surface area contributed by atoms with Crippen molar-refractivity contribution in [1.82, 2.24) is 19.7 Å². The Labute approximate surface area is 183 Å². The molecule has 4 N–H and O–H groups in total. The number of rotatable bonds is 4. The molecule has 0 saturated carbocycles. The number of halogens is 1. The van der Waals surface area contributed by atoms with E-state index in [1.807, 2.05) is 0 Å². The van der Waals surface area contributed by atoms with Crippen molar-refractivity contribution in [3.05, 3.63) is 78.1 Å². The number of nitrogens with one attached hydrogen (secondary N) is 2. The summed E-state index contributed by atoms with van der Waals surface area (Å²) in [6.45, 7) is 0. The number of anilines is 3. The van der Waals surface area contributed by atoms with Crippen molar-refractivity contribution in [2.24, 2.45) is 0 Å². The van der Waals surface area contributed by atoms with Gasteiger partial charge in [0.05, 0.1) is 16.1 Å². The minimum absolute atomic E-state index is 0.0755. The van der Waals surface area contributed by atoms with E-state index in [-0.39, 0.29) is 10.6 Å². The topological polar surface area (TPSA) is 123 Å². The molecule has 10 heteroatoms. The minimum atomic E-state index is -3.75. The zero-order chi connectivity index (χ0) is 22.7. The van der Waals surface area contributed by atoms with Gasteiger partial charge >= 0.3 is 0 Å². The highest BCUT2D eigenvalue weighted by Crippen LogP contribution is 2.25. The van der Waals surface area contributed by atoms with Crippen molar-refractivity contribution < 1.29 is 12.8 Å². The fourth-order valence-electron chi connectivity index (χ4n) is 2.90.